The molecule has 1 amide bonds. The lowest BCUT2D eigenvalue weighted by Crippen LogP contribution is -2.31. The van der Waals surface area contributed by atoms with Gasteiger partial charge in [0.1, 0.15) is 5.82 Å². The van der Waals surface area contributed by atoms with Crippen LogP contribution in [0.4, 0.5) is 23.2 Å². The first kappa shape index (κ1) is 15.2. The maximum absolute atomic E-state index is 13.8. The molecule has 0 aromatic heterocycles. The van der Waals surface area contributed by atoms with Crippen LogP contribution in [0.5, 0.6) is 0 Å². The van der Waals surface area contributed by atoms with Crippen LogP contribution in [0.25, 0.3) is 0 Å². The van der Waals surface area contributed by atoms with Gasteiger partial charge < -0.3 is 4.90 Å². The van der Waals surface area contributed by atoms with Crippen LogP contribution in [0.3, 0.4) is 0 Å². The topological polar surface area (TPSA) is 20.3 Å². The second kappa shape index (κ2) is 4.82. The van der Waals surface area contributed by atoms with Crippen LogP contribution in [-0.4, -0.2) is 12.5 Å². The zero-order valence-electron chi connectivity index (χ0n) is 12.5. The summed E-state index contributed by atoms with van der Waals surface area (Å²) in [6.45, 7) is 0.494. The Kier molecular flexibility index (Phi) is 3.04. The van der Waals surface area contributed by atoms with Crippen molar-refractivity contribution in [2.75, 3.05) is 11.4 Å². The second-order valence-corrected chi connectivity index (χ2v) is 6.38. The number of benzene rings is 2. The zero-order valence-corrected chi connectivity index (χ0v) is 12.5. The number of halogens is 4. The molecule has 6 heteroatoms. The molecule has 124 valence electrons. The molecular formula is C18H13F4NO. The number of anilines is 1. The molecule has 2 aliphatic rings. The van der Waals surface area contributed by atoms with Gasteiger partial charge in [-0.1, -0.05) is 18.2 Å². The quantitative estimate of drug-likeness (QED) is 0.701. The Hall–Kier alpha value is -2.37. The zero-order chi connectivity index (χ0) is 17.1. The van der Waals surface area contributed by atoms with E-state index in [4.69, 9.17) is 0 Å². The van der Waals surface area contributed by atoms with Gasteiger partial charge in [0.05, 0.1) is 5.56 Å². The number of carbonyl (C=O) groups excluding carboxylic acids is 1. The van der Waals surface area contributed by atoms with Crippen LogP contribution >= 0.6 is 0 Å². The van der Waals surface area contributed by atoms with Crippen LogP contribution < -0.4 is 4.90 Å². The van der Waals surface area contributed by atoms with Crippen molar-refractivity contribution in [1.82, 2.24) is 0 Å². The monoisotopic (exact) mass is 335 g/mol. The number of hydrogen-bond acceptors (Lipinski definition) is 1. The summed E-state index contributed by atoms with van der Waals surface area (Å²) in [5.41, 5.74) is 0.384. The molecule has 1 heterocycles. The average molecular weight is 335 g/mol. The number of amides is 1. The molecule has 0 bridgehead atoms. The highest BCUT2D eigenvalue weighted by Crippen LogP contribution is 2.56. The lowest BCUT2D eigenvalue weighted by Gasteiger charge is -2.18. The van der Waals surface area contributed by atoms with E-state index in [0.29, 0.717) is 18.7 Å². The summed E-state index contributed by atoms with van der Waals surface area (Å²) in [5.74, 6) is -1.90. The summed E-state index contributed by atoms with van der Waals surface area (Å²) in [5, 5.41) is 0. The number of carbonyl (C=O) groups is 1. The molecular weight excluding hydrogens is 322 g/mol. The van der Waals surface area contributed by atoms with Gasteiger partial charge in [-0.15, -0.1) is 0 Å². The van der Waals surface area contributed by atoms with Gasteiger partial charge in [0, 0.05) is 23.2 Å². The van der Waals surface area contributed by atoms with Crippen molar-refractivity contribution in [3.05, 3.63) is 65.0 Å². The fraction of sp³-hybridized carbons (Fsp3) is 0.278. The highest BCUT2D eigenvalue weighted by atomic mass is 19.4. The molecule has 0 radical (unpaired) electrons. The summed E-state index contributed by atoms with van der Waals surface area (Å²) in [7, 11) is 0. The minimum atomic E-state index is -4.77. The van der Waals surface area contributed by atoms with Gasteiger partial charge in [-0.05, 0) is 42.7 Å². The van der Waals surface area contributed by atoms with Crippen LogP contribution in [-0.2, 0) is 11.6 Å². The normalized spacial score (nSPS) is 17.9. The predicted molar refractivity (Wildman–Crippen MR) is 80.4 cm³/mol. The third kappa shape index (κ3) is 2.20. The van der Waals surface area contributed by atoms with Crippen LogP contribution in [0.2, 0.25) is 0 Å². The first-order valence-electron chi connectivity index (χ1n) is 7.60. The van der Waals surface area contributed by atoms with Crippen molar-refractivity contribution in [2.45, 2.75) is 24.4 Å². The number of alkyl halides is 3. The van der Waals surface area contributed by atoms with E-state index >= 15 is 0 Å². The van der Waals surface area contributed by atoms with E-state index in [1.165, 1.54) is 0 Å². The first-order chi connectivity index (χ1) is 11.3. The van der Waals surface area contributed by atoms with Gasteiger partial charge >= 0.3 is 6.18 Å². The van der Waals surface area contributed by atoms with Gasteiger partial charge in [0.15, 0.2) is 0 Å². The third-order valence-electron chi connectivity index (χ3n) is 4.85. The molecule has 2 nitrogen and oxygen atoms in total. The van der Waals surface area contributed by atoms with Gasteiger partial charge in [-0.3, -0.25) is 4.79 Å². The highest BCUT2D eigenvalue weighted by molar-refractivity contribution is 6.08. The van der Waals surface area contributed by atoms with Crippen LogP contribution in [0, 0.1) is 5.82 Å². The van der Waals surface area contributed by atoms with E-state index in [1.54, 1.807) is 4.90 Å². The summed E-state index contributed by atoms with van der Waals surface area (Å²) in [6.07, 6.45) is -2.81. The molecule has 0 N–H and O–H groups in total. The van der Waals surface area contributed by atoms with E-state index in [1.807, 2.05) is 24.3 Å². The lowest BCUT2D eigenvalue weighted by atomic mass is 9.99. The Morgan fingerprint density at radius 1 is 1.08 bits per heavy atom. The van der Waals surface area contributed by atoms with Crippen molar-refractivity contribution in [3.63, 3.8) is 0 Å². The van der Waals surface area contributed by atoms with Gasteiger partial charge in [0.2, 0.25) is 0 Å². The molecule has 1 spiro atoms. The number of para-hydroxylation sites is 1. The Bertz CT molecular complexity index is 839. The van der Waals surface area contributed by atoms with E-state index in [2.05, 4.69) is 0 Å². The number of nitrogens with zero attached hydrogens (tertiary/aromatic N) is 1. The first-order valence-corrected chi connectivity index (χ1v) is 7.60. The summed E-state index contributed by atoms with van der Waals surface area (Å²) in [6, 6.07) is 9.85. The molecule has 1 aliphatic carbocycles. The molecule has 0 atom stereocenters. The SMILES string of the molecule is O=C(c1ccc(C(F)(F)F)c(F)c1)N1CC2(CC2)c2ccccc21. The summed E-state index contributed by atoms with van der Waals surface area (Å²) >= 11 is 0. The molecule has 2 aromatic rings. The van der Waals surface area contributed by atoms with E-state index < -0.39 is 23.5 Å². The molecule has 0 saturated heterocycles. The van der Waals surface area contributed by atoms with E-state index in [-0.39, 0.29) is 11.0 Å². The van der Waals surface area contributed by atoms with Gasteiger partial charge in [-0.2, -0.15) is 13.2 Å². The fourth-order valence-electron chi connectivity index (χ4n) is 3.42. The number of hydrogen-bond donors (Lipinski definition) is 0. The molecule has 1 fully saturated rings. The predicted octanol–water partition coefficient (Wildman–Crippen LogP) is 4.54. The van der Waals surface area contributed by atoms with Crippen molar-refractivity contribution >= 4 is 11.6 Å². The molecule has 4 rings (SSSR count). The van der Waals surface area contributed by atoms with Crippen molar-refractivity contribution in [2.24, 2.45) is 0 Å². The van der Waals surface area contributed by atoms with Crippen molar-refractivity contribution in [1.29, 1.82) is 0 Å². The van der Waals surface area contributed by atoms with E-state index in [0.717, 1.165) is 30.2 Å². The standard InChI is InChI=1S/C18H13F4NO/c19-14-9-11(5-6-12(14)18(20,21)22)16(24)23-10-17(7-8-17)13-3-1-2-4-15(13)23/h1-6,9H,7-8,10H2. The minimum Gasteiger partial charge on any atom is -0.307 e. The van der Waals surface area contributed by atoms with Crippen molar-refractivity contribution in [3.8, 4) is 0 Å². The Morgan fingerprint density at radius 3 is 2.42 bits per heavy atom. The number of fused-ring (bicyclic) bond motifs is 2. The van der Waals surface area contributed by atoms with Gasteiger partial charge in [-0.25, -0.2) is 4.39 Å². The smallest absolute Gasteiger partial charge is 0.307 e. The highest BCUT2D eigenvalue weighted by Gasteiger charge is 2.52. The number of rotatable bonds is 1. The molecule has 24 heavy (non-hydrogen) atoms. The van der Waals surface area contributed by atoms with Gasteiger partial charge in [0.25, 0.3) is 5.91 Å². The molecule has 0 unspecified atom stereocenters. The molecule has 1 aliphatic heterocycles. The Labute approximate surface area is 135 Å². The second-order valence-electron chi connectivity index (χ2n) is 6.38. The Balaban J connectivity index is 1.69. The minimum absolute atomic E-state index is 0.0310. The lowest BCUT2D eigenvalue weighted by molar-refractivity contribution is -0.140. The largest absolute Gasteiger partial charge is 0.419 e. The summed E-state index contributed by atoms with van der Waals surface area (Å²) < 4.78 is 51.7. The maximum Gasteiger partial charge on any atom is 0.419 e. The van der Waals surface area contributed by atoms with Crippen molar-refractivity contribution < 1.29 is 22.4 Å². The van der Waals surface area contributed by atoms with E-state index in [9.17, 15) is 22.4 Å². The average Bonchev–Trinajstić information content (AvgIpc) is 3.23. The Morgan fingerprint density at radius 2 is 1.79 bits per heavy atom. The fourth-order valence-corrected chi connectivity index (χ4v) is 3.42. The molecule has 2 aromatic carbocycles. The maximum atomic E-state index is 13.8. The molecule has 1 saturated carbocycles. The third-order valence-corrected chi connectivity index (χ3v) is 4.85. The summed E-state index contributed by atoms with van der Waals surface area (Å²) in [4.78, 5) is 14.3. The van der Waals surface area contributed by atoms with Crippen LogP contribution in [0.1, 0.15) is 34.3 Å². The van der Waals surface area contributed by atoms with Crippen LogP contribution in [0.15, 0.2) is 42.5 Å².